The number of aliphatic imine (C=N–C) groups is 1. The molecule has 0 aliphatic carbocycles. The van der Waals surface area contributed by atoms with Crippen LogP contribution < -0.4 is 5.32 Å². The van der Waals surface area contributed by atoms with E-state index in [0.29, 0.717) is 18.0 Å². The lowest BCUT2D eigenvalue weighted by atomic mass is 9.75. The Morgan fingerprint density at radius 1 is 0.950 bits per heavy atom. The molecule has 20 heavy (non-hydrogen) atoms. The van der Waals surface area contributed by atoms with Crippen LogP contribution in [0.2, 0.25) is 0 Å². The minimum atomic E-state index is 0.369. The molecule has 0 amide bonds. The van der Waals surface area contributed by atoms with Gasteiger partial charge in [0.1, 0.15) is 0 Å². The molecule has 2 aromatic rings. The van der Waals surface area contributed by atoms with Crippen molar-refractivity contribution in [3.8, 4) is 0 Å². The van der Waals surface area contributed by atoms with Gasteiger partial charge in [-0.2, -0.15) is 0 Å². The van der Waals surface area contributed by atoms with Gasteiger partial charge in [-0.3, -0.25) is 4.99 Å². The van der Waals surface area contributed by atoms with Gasteiger partial charge >= 0.3 is 0 Å². The lowest BCUT2D eigenvalue weighted by Crippen LogP contribution is -2.42. The number of rotatable bonds is 1. The summed E-state index contributed by atoms with van der Waals surface area (Å²) in [5, 5.41) is 3.70. The summed E-state index contributed by atoms with van der Waals surface area (Å²) in [7, 11) is 0. The molecule has 1 fully saturated rings. The average Bonchev–Trinajstić information content (AvgIpc) is 2.55. The summed E-state index contributed by atoms with van der Waals surface area (Å²) in [6, 6.07) is 20.2. The molecule has 0 radical (unpaired) electrons. The first-order chi connectivity index (χ1) is 9.93. The van der Waals surface area contributed by atoms with Crippen molar-refractivity contribution < 1.29 is 0 Å². The molecule has 3 atom stereocenters. The van der Waals surface area contributed by atoms with E-state index >= 15 is 0 Å². The van der Waals surface area contributed by atoms with Crippen molar-refractivity contribution in [1.29, 1.82) is 0 Å². The third kappa shape index (κ3) is 1.88. The minimum absolute atomic E-state index is 0.369. The van der Waals surface area contributed by atoms with Gasteiger partial charge < -0.3 is 5.32 Å². The maximum atomic E-state index is 4.80. The van der Waals surface area contributed by atoms with Gasteiger partial charge in [-0.1, -0.05) is 54.6 Å². The van der Waals surface area contributed by atoms with Crippen molar-refractivity contribution in [2.75, 3.05) is 6.54 Å². The van der Waals surface area contributed by atoms with E-state index in [1.807, 2.05) is 0 Å². The summed E-state index contributed by atoms with van der Waals surface area (Å²) in [5.74, 6) is 0.451. The van der Waals surface area contributed by atoms with Crippen molar-refractivity contribution in [1.82, 2.24) is 5.32 Å². The van der Waals surface area contributed by atoms with Gasteiger partial charge in [0, 0.05) is 18.2 Å². The van der Waals surface area contributed by atoms with E-state index in [2.05, 4.69) is 66.1 Å². The summed E-state index contributed by atoms with van der Waals surface area (Å²) in [4.78, 5) is 4.80. The van der Waals surface area contributed by atoms with Crippen LogP contribution in [-0.4, -0.2) is 18.8 Å². The molecule has 2 aromatic carbocycles. The summed E-state index contributed by atoms with van der Waals surface area (Å²) >= 11 is 0. The molecule has 3 unspecified atom stereocenters. The van der Waals surface area contributed by atoms with E-state index in [0.717, 1.165) is 13.0 Å². The molecule has 0 aromatic heterocycles. The number of piperidine rings is 1. The summed E-state index contributed by atoms with van der Waals surface area (Å²) in [5.41, 5.74) is 4.08. The van der Waals surface area contributed by atoms with Crippen molar-refractivity contribution >= 4 is 6.21 Å². The fourth-order valence-corrected chi connectivity index (χ4v) is 3.56. The number of benzene rings is 2. The maximum absolute atomic E-state index is 4.80. The van der Waals surface area contributed by atoms with Gasteiger partial charge in [0.25, 0.3) is 0 Å². The predicted octanol–water partition coefficient (Wildman–Crippen LogP) is 3.31. The Bertz CT molecular complexity index is 633. The molecule has 0 bridgehead atoms. The fourth-order valence-electron chi connectivity index (χ4n) is 3.56. The van der Waals surface area contributed by atoms with Crippen LogP contribution in [0.25, 0.3) is 0 Å². The second-order valence-corrected chi connectivity index (χ2v) is 5.63. The van der Waals surface area contributed by atoms with Crippen molar-refractivity contribution in [2.24, 2.45) is 4.99 Å². The molecule has 2 aliphatic heterocycles. The molecular weight excluding hydrogens is 244 g/mol. The standard InChI is InChI=1S/C18H18N2/c1-2-6-13(7-3-1)18-17-15-9-5-4-8-14(15)12-20-16(17)10-11-19-18/h1-9,12,16-19H,10-11H2. The van der Waals surface area contributed by atoms with Crippen molar-refractivity contribution in [3.05, 3.63) is 71.3 Å². The second-order valence-electron chi connectivity index (χ2n) is 5.63. The number of fused-ring (bicyclic) bond motifs is 3. The van der Waals surface area contributed by atoms with Gasteiger partial charge in [0.15, 0.2) is 0 Å². The van der Waals surface area contributed by atoms with Crippen LogP contribution in [0.5, 0.6) is 0 Å². The summed E-state index contributed by atoms with van der Waals surface area (Å²) in [6.07, 6.45) is 3.18. The molecule has 1 N–H and O–H groups in total. The largest absolute Gasteiger partial charge is 0.309 e. The number of hydrogen-bond acceptors (Lipinski definition) is 2. The summed E-state index contributed by atoms with van der Waals surface area (Å²) in [6.45, 7) is 1.04. The normalized spacial score (nSPS) is 27.7. The molecule has 2 aliphatic rings. The highest BCUT2D eigenvalue weighted by molar-refractivity contribution is 5.83. The van der Waals surface area contributed by atoms with Crippen molar-refractivity contribution in [2.45, 2.75) is 24.4 Å². The maximum Gasteiger partial charge on any atom is 0.0598 e. The van der Waals surface area contributed by atoms with E-state index in [4.69, 9.17) is 4.99 Å². The zero-order valence-corrected chi connectivity index (χ0v) is 11.4. The molecule has 2 nitrogen and oxygen atoms in total. The molecule has 1 saturated heterocycles. The molecule has 100 valence electrons. The lowest BCUT2D eigenvalue weighted by molar-refractivity contribution is 0.316. The zero-order chi connectivity index (χ0) is 13.4. The Labute approximate surface area is 119 Å². The van der Waals surface area contributed by atoms with Gasteiger partial charge in [-0.15, -0.1) is 0 Å². The van der Waals surface area contributed by atoms with Crippen molar-refractivity contribution in [3.63, 3.8) is 0 Å². The van der Waals surface area contributed by atoms with Crippen LogP contribution >= 0.6 is 0 Å². The highest BCUT2D eigenvalue weighted by Crippen LogP contribution is 2.41. The second kappa shape index (κ2) is 4.88. The Morgan fingerprint density at radius 3 is 2.65 bits per heavy atom. The van der Waals surface area contributed by atoms with Crippen LogP contribution in [-0.2, 0) is 0 Å². The number of nitrogens with one attached hydrogen (secondary N) is 1. The molecule has 2 heterocycles. The third-order valence-corrected chi connectivity index (χ3v) is 4.50. The number of nitrogens with zero attached hydrogens (tertiary/aromatic N) is 1. The highest BCUT2D eigenvalue weighted by atomic mass is 15.0. The van der Waals surface area contributed by atoms with E-state index in [1.165, 1.54) is 16.7 Å². The smallest absolute Gasteiger partial charge is 0.0598 e. The molecular formula is C18H18N2. The van der Waals surface area contributed by atoms with Gasteiger partial charge in [-0.05, 0) is 29.7 Å². The predicted molar refractivity (Wildman–Crippen MR) is 82.4 cm³/mol. The monoisotopic (exact) mass is 262 g/mol. The van der Waals surface area contributed by atoms with Crippen LogP contribution in [0.3, 0.4) is 0 Å². The Balaban J connectivity index is 1.80. The lowest BCUT2D eigenvalue weighted by Gasteiger charge is -2.40. The first-order valence-electron chi connectivity index (χ1n) is 7.34. The van der Waals surface area contributed by atoms with Gasteiger partial charge in [0.05, 0.1) is 6.04 Å². The first kappa shape index (κ1) is 11.9. The average molecular weight is 262 g/mol. The molecule has 4 rings (SSSR count). The Morgan fingerprint density at radius 2 is 1.75 bits per heavy atom. The SMILES string of the molecule is C1=NC2CCNC(c3ccccc3)C2c2ccccc21. The summed E-state index contributed by atoms with van der Waals surface area (Å²) < 4.78 is 0. The van der Waals surface area contributed by atoms with Crippen LogP contribution in [0, 0.1) is 0 Å². The fraction of sp³-hybridized carbons (Fsp3) is 0.278. The third-order valence-electron chi connectivity index (χ3n) is 4.50. The van der Waals surface area contributed by atoms with E-state index in [9.17, 15) is 0 Å². The molecule has 0 spiro atoms. The first-order valence-corrected chi connectivity index (χ1v) is 7.34. The Kier molecular flexibility index (Phi) is 2.89. The highest BCUT2D eigenvalue weighted by Gasteiger charge is 2.37. The zero-order valence-electron chi connectivity index (χ0n) is 11.4. The quantitative estimate of drug-likeness (QED) is 0.837. The van der Waals surface area contributed by atoms with Gasteiger partial charge in [0.2, 0.25) is 0 Å². The van der Waals surface area contributed by atoms with E-state index < -0.39 is 0 Å². The number of hydrogen-bond donors (Lipinski definition) is 1. The molecule has 2 heteroatoms. The van der Waals surface area contributed by atoms with Crippen LogP contribution in [0.15, 0.2) is 59.6 Å². The van der Waals surface area contributed by atoms with E-state index in [1.54, 1.807) is 0 Å². The van der Waals surface area contributed by atoms with Crippen LogP contribution in [0.4, 0.5) is 0 Å². The molecule has 0 saturated carbocycles. The topological polar surface area (TPSA) is 24.4 Å². The van der Waals surface area contributed by atoms with Crippen LogP contribution in [0.1, 0.15) is 35.1 Å². The Hall–Kier alpha value is -1.93. The van der Waals surface area contributed by atoms with Gasteiger partial charge in [-0.25, -0.2) is 0 Å². The minimum Gasteiger partial charge on any atom is -0.309 e. The van der Waals surface area contributed by atoms with E-state index in [-0.39, 0.29) is 0 Å².